The second-order valence-electron chi connectivity index (χ2n) is 12.2. The van der Waals surface area contributed by atoms with Gasteiger partial charge in [-0.3, -0.25) is 4.57 Å². The summed E-state index contributed by atoms with van der Waals surface area (Å²) in [6, 6.07) is 3.96. The average Bonchev–Trinajstić information content (AvgIpc) is 2.76. The second-order valence-corrected chi connectivity index (χ2v) is 16.3. The Morgan fingerprint density at radius 1 is 0.974 bits per heavy atom. The third-order valence-corrected chi connectivity index (χ3v) is 10.6. The Balaban J connectivity index is 3.07. The maximum Gasteiger partial charge on any atom is 0.419 e. The van der Waals surface area contributed by atoms with Crippen molar-refractivity contribution in [2.45, 2.75) is 122 Å². The van der Waals surface area contributed by atoms with Gasteiger partial charge in [0.05, 0.1) is 24.3 Å². The number of amides is 1. The van der Waals surface area contributed by atoms with E-state index in [0.29, 0.717) is 12.0 Å². The minimum Gasteiger partial charge on any atom is -0.493 e. The van der Waals surface area contributed by atoms with Crippen molar-refractivity contribution in [3.05, 3.63) is 29.3 Å². The Bertz CT molecular complexity index is 935. The molecule has 1 amide bonds. The van der Waals surface area contributed by atoms with E-state index in [4.69, 9.17) is 9.26 Å². The third-order valence-electron chi connectivity index (χ3n) is 6.56. The van der Waals surface area contributed by atoms with Gasteiger partial charge in [0.25, 0.3) is 0 Å². The van der Waals surface area contributed by atoms with Gasteiger partial charge in [0.2, 0.25) is 7.37 Å². The number of hydrogen-bond acceptors (Lipinski definition) is 4. The van der Waals surface area contributed by atoms with E-state index in [0.717, 1.165) is 31.7 Å². The van der Waals surface area contributed by atoms with Gasteiger partial charge < -0.3 is 19.7 Å². The highest BCUT2D eigenvalue weighted by atomic mass is 31.2. The van der Waals surface area contributed by atoms with E-state index < -0.39 is 41.1 Å². The van der Waals surface area contributed by atoms with Crippen molar-refractivity contribution in [3.63, 3.8) is 0 Å². The van der Waals surface area contributed by atoms with Crippen LogP contribution >= 0.6 is 7.37 Å². The lowest BCUT2D eigenvalue weighted by Crippen LogP contribution is -2.50. The van der Waals surface area contributed by atoms with Crippen LogP contribution in [0.1, 0.15) is 105 Å². The number of nitrogens with one attached hydrogen (secondary N) is 1. The molecule has 0 aliphatic rings. The van der Waals surface area contributed by atoms with Gasteiger partial charge in [-0.05, 0) is 43.9 Å². The molecule has 1 aromatic carbocycles. The number of rotatable bonds is 14. The number of hydrogen-bond donors (Lipinski definition) is 2. The second kappa shape index (κ2) is 13.6. The van der Waals surface area contributed by atoms with Crippen molar-refractivity contribution < 1.29 is 36.9 Å². The van der Waals surface area contributed by atoms with Crippen molar-refractivity contribution in [2.75, 3.05) is 13.2 Å². The Hall–Kier alpha value is -1.73. The van der Waals surface area contributed by atoms with Crippen LogP contribution in [0.2, 0.25) is 0 Å². The number of unbranched alkanes of at least 4 members (excludes halogenated alkanes) is 4. The first-order valence-corrected chi connectivity index (χ1v) is 15.0. The van der Waals surface area contributed by atoms with Gasteiger partial charge in [-0.1, -0.05) is 80.2 Å². The van der Waals surface area contributed by atoms with Crippen molar-refractivity contribution in [3.8, 4) is 5.75 Å². The van der Waals surface area contributed by atoms with Crippen LogP contribution in [-0.2, 0) is 21.7 Å². The third kappa shape index (κ3) is 10.1. The van der Waals surface area contributed by atoms with Gasteiger partial charge in [-0.25, -0.2) is 4.79 Å². The molecule has 220 valence electrons. The van der Waals surface area contributed by atoms with Crippen LogP contribution in [0.4, 0.5) is 18.0 Å². The molecule has 0 fully saturated rings. The maximum absolute atomic E-state index is 13.9. The first-order valence-electron chi connectivity index (χ1n) is 13.3. The van der Waals surface area contributed by atoms with Gasteiger partial charge in [0, 0.05) is 10.3 Å². The zero-order valence-corrected chi connectivity index (χ0v) is 25.2. The van der Waals surface area contributed by atoms with E-state index in [-0.39, 0.29) is 31.8 Å². The van der Waals surface area contributed by atoms with Crippen molar-refractivity contribution in [1.82, 2.24) is 5.32 Å². The Labute approximate surface area is 226 Å². The van der Waals surface area contributed by atoms with Gasteiger partial charge in [-0.2, -0.15) is 13.2 Å². The molecule has 1 rings (SSSR count). The van der Waals surface area contributed by atoms with E-state index in [1.807, 2.05) is 41.5 Å². The van der Waals surface area contributed by atoms with Crippen LogP contribution < -0.4 is 10.1 Å². The fourth-order valence-corrected chi connectivity index (χ4v) is 7.70. The SMILES string of the molecule is CCCCCCCOc1ccc(CC[C@](C)(COP(=O)(C(C)(C)C)C(C)(C)C)NC(=O)O)cc1C(F)(F)F. The standard InChI is InChI=1S/C28H47F3NO5P/c1-9-10-11-12-13-18-36-23-15-14-21(19-22(23)28(29,30)31)16-17-27(8,32-24(33)34)20-37-38(35,25(2,3)4)26(5,6)7/h14-15,19,32H,9-13,16-18,20H2,1-8H3,(H,33,34)/t27-/m1/s1. The summed E-state index contributed by atoms with van der Waals surface area (Å²) in [6.07, 6.45) is -0.806. The lowest BCUT2D eigenvalue weighted by Gasteiger charge is -2.42. The van der Waals surface area contributed by atoms with Crippen LogP contribution in [0.5, 0.6) is 5.75 Å². The Kier molecular flexibility index (Phi) is 12.2. The zero-order chi connectivity index (χ0) is 29.4. The van der Waals surface area contributed by atoms with Crippen molar-refractivity contribution in [1.29, 1.82) is 0 Å². The summed E-state index contributed by atoms with van der Waals surface area (Å²) in [5.41, 5.74) is -1.64. The normalized spacial score (nSPS) is 14.7. The lowest BCUT2D eigenvalue weighted by molar-refractivity contribution is -0.139. The monoisotopic (exact) mass is 565 g/mol. The van der Waals surface area contributed by atoms with E-state index >= 15 is 0 Å². The summed E-state index contributed by atoms with van der Waals surface area (Å²) >= 11 is 0. The topological polar surface area (TPSA) is 84.9 Å². The van der Waals surface area contributed by atoms with Crippen LogP contribution in [-0.4, -0.2) is 40.3 Å². The Morgan fingerprint density at radius 2 is 1.55 bits per heavy atom. The molecule has 1 aromatic rings. The van der Waals surface area contributed by atoms with Crippen LogP contribution in [0.15, 0.2) is 18.2 Å². The number of halogens is 3. The number of aryl methyl sites for hydroxylation is 1. The quantitative estimate of drug-likeness (QED) is 0.174. The number of ether oxygens (including phenoxy) is 1. The smallest absolute Gasteiger partial charge is 0.419 e. The molecule has 2 N–H and O–H groups in total. The number of carboxylic acid groups (broad SMARTS) is 1. The van der Waals surface area contributed by atoms with Crippen molar-refractivity contribution in [2.24, 2.45) is 0 Å². The first-order chi connectivity index (χ1) is 17.3. The van der Waals surface area contributed by atoms with E-state index in [2.05, 4.69) is 12.2 Å². The largest absolute Gasteiger partial charge is 0.493 e. The van der Waals surface area contributed by atoms with Gasteiger partial charge in [0.15, 0.2) is 0 Å². The predicted molar refractivity (Wildman–Crippen MR) is 147 cm³/mol. The molecule has 0 radical (unpaired) electrons. The highest BCUT2D eigenvalue weighted by Gasteiger charge is 2.48. The van der Waals surface area contributed by atoms with E-state index in [1.54, 1.807) is 13.0 Å². The highest BCUT2D eigenvalue weighted by molar-refractivity contribution is 7.62. The summed E-state index contributed by atoms with van der Waals surface area (Å²) in [4.78, 5) is 11.6. The molecule has 10 heteroatoms. The molecule has 0 aliphatic carbocycles. The fraction of sp³-hybridized carbons (Fsp3) is 0.750. The Morgan fingerprint density at radius 3 is 2.05 bits per heavy atom. The summed E-state index contributed by atoms with van der Waals surface area (Å²) < 4.78 is 66.8. The average molecular weight is 566 g/mol. The summed E-state index contributed by atoms with van der Waals surface area (Å²) in [6.45, 7) is 14.6. The highest BCUT2D eigenvalue weighted by Crippen LogP contribution is 2.67. The summed E-state index contributed by atoms with van der Waals surface area (Å²) in [5, 5.41) is 10.5. The molecule has 38 heavy (non-hydrogen) atoms. The minimum absolute atomic E-state index is 0.141. The molecular formula is C28H47F3NO5P. The lowest BCUT2D eigenvalue weighted by atomic mass is 9.93. The first kappa shape index (κ1) is 34.3. The van der Waals surface area contributed by atoms with Crippen LogP contribution in [0.3, 0.4) is 0 Å². The fourth-order valence-electron chi connectivity index (χ4n) is 4.44. The number of benzene rings is 1. The van der Waals surface area contributed by atoms with Gasteiger partial charge in [-0.15, -0.1) is 0 Å². The molecule has 0 spiro atoms. The molecule has 1 atom stereocenters. The summed E-state index contributed by atoms with van der Waals surface area (Å²) in [7, 11) is -3.28. The predicted octanol–water partition coefficient (Wildman–Crippen LogP) is 8.91. The molecular weight excluding hydrogens is 518 g/mol. The van der Waals surface area contributed by atoms with Crippen LogP contribution in [0, 0.1) is 0 Å². The minimum atomic E-state index is -4.59. The molecule has 0 aliphatic heterocycles. The molecule has 0 saturated heterocycles. The van der Waals surface area contributed by atoms with E-state index in [1.165, 1.54) is 6.07 Å². The van der Waals surface area contributed by atoms with Crippen molar-refractivity contribution >= 4 is 13.5 Å². The molecule has 0 bridgehead atoms. The molecule has 6 nitrogen and oxygen atoms in total. The van der Waals surface area contributed by atoms with Gasteiger partial charge >= 0.3 is 12.3 Å². The van der Waals surface area contributed by atoms with Gasteiger partial charge in [0.1, 0.15) is 5.75 Å². The number of carbonyl (C=O) groups is 1. The van der Waals surface area contributed by atoms with Crippen LogP contribution in [0.25, 0.3) is 0 Å². The zero-order valence-electron chi connectivity index (χ0n) is 24.3. The number of alkyl halides is 3. The molecule has 0 unspecified atom stereocenters. The molecule has 0 heterocycles. The maximum atomic E-state index is 13.9. The molecule has 0 saturated carbocycles. The van der Waals surface area contributed by atoms with E-state index in [9.17, 15) is 27.6 Å². The molecule has 0 aromatic heterocycles. The summed E-state index contributed by atoms with van der Waals surface area (Å²) in [5.74, 6) is -0.206.